The van der Waals surface area contributed by atoms with E-state index in [0.717, 1.165) is 41.4 Å². The molecule has 1 N–H and O–H groups in total. The zero-order valence-electron chi connectivity index (χ0n) is 18.8. The zero-order valence-corrected chi connectivity index (χ0v) is 18.8. The highest BCUT2D eigenvalue weighted by molar-refractivity contribution is 5.89. The number of ether oxygens (including phenoxy) is 1. The number of fused-ring (bicyclic) bond motifs is 2. The van der Waals surface area contributed by atoms with Crippen molar-refractivity contribution in [3.05, 3.63) is 72.7 Å². The molecule has 1 aromatic carbocycles. The van der Waals surface area contributed by atoms with Crippen LogP contribution >= 0.6 is 0 Å². The normalized spacial score (nSPS) is 14.4. The largest absolute Gasteiger partial charge is 0.378 e. The summed E-state index contributed by atoms with van der Waals surface area (Å²) in [5, 5.41) is 10.5. The van der Waals surface area contributed by atoms with Crippen LogP contribution in [0.1, 0.15) is 5.56 Å². The Morgan fingerprint density at radius 2 is 1.88 bits per heavy atom. The highest BCUT2D eigenvalue weighted by atomic mass is 16.5. The number of hydrogen-bond acceptors (Lipinski definition) is 7. The maximum atomic E-state index is 5.55. The van der Waals surface area contributed by atoms with Gasteiger partial charge in [-0.15, -0.1) is 0 Å². The van der Waals surface area contributed by atoms with Crippen LogP contribution in [-0.2, 0) is 11.8 Å². The summed E-state index contributed by atoms with van der Waals surface area (Å²) in [5.41, 5.74) is 7.89. The van der Waals surface area contributed by atoms with Crippen LogP contribution in [0.25, 0.3) is 27.8 Å². The first-order valence-electron chi connectivity index (χ1n) is 11.2. The summed E-state index contributed by atoms with van der Waals surface area (Å²) in [5.74, 6) is 1.61. The standard InChI is InChI=1S/C25H24N8O/c1-31-9-6-20-3-2-18(14-22(20)31)17-27-29-23-16-25(32-10-12-34-13-11-32)33-24(28-23)15-21(30-33)19-4-7-26-8-5-19/h2-9,14-17H,10-13H2,1H3,(H,28,29). The average Bonchev–Trinajstić information content (AvgIpc) is 3.48. The molecule has 0 saturated carbocycles. The Labute approximate surface area is 196 Å². The molecular weight excluding hydrogens is 428 g/mol. The van der Waals surface area contributed by atoms with Crippen LogP contribution in [0.4, 0.5) is 11.6 Å². The molecule has 1 fully saturated rings. The van der Waals surface area contributed by atoms with Crippen molar-refractivity contribution in [2.75, 3.05) is 36.6 Å². The van der Waals surface area contributed by atoms with Gasteiger partial charge in [-0.2, -0.15) is 14.7 Å². The number of hydrazone groups is 1. The number of nitrogens with zero attached hydrogens (tertiary/aromatic N) is 7. The fourth-order valence-electron chi connectivity index (χ4n) is 4.23. The smallest absolute Gasteiger partial charge is 0.160 e. The maximum absolute atomic E-state index is 5.55. The number of aryl methyl sites for hydroxylation is 1. The van der Waals surface area contributed by atoms with Crippen molar-refractivity contribution >= 4 is 34.4 Å². The highest BCUT2D eigenvalue weighted by Crippen LogP contribution is 2.25. The first-order valence-corrected chi connectivity index (χ1v) is 11.2. The number of morpholine rings is 1. The third-order valence-electron chi connectivity index (χ3n) is 6.02. The predicted molar refractivity (Wildman–Crippen MR) is 133 cm³/mol. The van der Waals surface area contributed by atoms with E-state index in [1.165, 1.54) is 10.9 Å². The second-order valence-electron chi connectivity index (χ2n) is 8.25. The van der Waals surface area contributed by atoms with Crippen LogP contribution in [-0.4, -0.2) is 56.7 Å². The van der Waals surface area contributed by atoms with E-state index in [4.69, 9.17) is 14.8 Å². The molecule has 0 aliphatic carbocycles. The number of benzene rings is 1. The number of nitrogens with one attached hydrogen (secondary N) is 1. The minimum absolute atomic E-state index is 0.659. The van der Waals surface area contributed by atoms with Crippen molar-refractivity contribution in [1.29, 1.82) is 0 Å². The fraction of sp³-hybridized carbons (Fsp3) is 0.200. The van der Waals surface area contributed by atoms with Crippen molar-refractivity contribution in [1.82, 2.24) is 24.1 Å². The summed E-state index contributed by atoms with van der Waals surface area (Å²) < 4.78 is 9.54. The van der Waals surface area contributed by atoms with Crippen molar-refractivity contribution < 1.29 is 4.74 Å². The summed E-state index contributed by atoms with van der Waals surface area (Å²) in [6.45, 7) is 2.96. The van der Waals surface area contributed by atoms with Crippen LogP contribution in [0, 0.1) is 0 Å². The van der Waals surface area contributed by atoms with E-state index >= 15 is 0 Å². The van der Waals surface area contributed by atoms with Gasteiger partial charge in [-0.3, -0.25) is 10.4 Å². The summed E-state index contributed by atoms with van der Waals surface area (Å²) in [4.78, 5) is 11.1. The molecule has 170 valence electrons. The molecule has 0 spiro atoms. The highest BCUT2D eigenvalue weighted by Gasteiger charge is 2.18. The molecule has 1 aliphatic heterocycles. The molecule has 9 heteroatoms. The molecule has 0 amide bonds. The quantitative estimate of drug-likeness (QED) is 0.324. The third-order valence-corrected chi connectivity index (χ3v) is 6.02. The number of anilines is 2. The van der Waals surface area contributed by atoms with E-state index in [9.17, 15) is 0 Å². The van der Waals surface area contributed by atoms with Crippen LogP contribution in [0.3, 0.4) is 0 Å². The van der Waals surface area contributed by atoms with Crippen molar-refractivity contribution in [3.8, 4) is 11.3 Å². The molecular formula is C25H24N8O. The Morgan fingerprint density at radius 3 is 2.74 bits per heavy atom. The van der Waals surface area contributed by atoms with Crippen molar-refractivity contribution in [3.63, 3.8) is 0 Å². The van der Waals surface area contributed by atoms with Gasteiger partial charge in [-0.1, -0.05) is 12.1 Å². The maximum Gasteiger partial charge on any atom is 0.160 e. The molecule has 9 nitrogen and oxygen atoms in total. The first kappa shape index (κ1) is 20.4. The molecule has 1 saturated heterocycles. The molecule has 5 aromatic rings. The molecule has 6 rings (SSSR count). The van der Waals surface area contributed by atoms with E-state index in [-0.39, 0.29) is 0 Å². The lowest BCUT2D eigenvalue weighted by Crippen LogP contribution is -2.37. The third kappa shape index (κ3) is 3.86. The van der Waals surface area contributed by atoms with Crippen LogP contribution in [0.5, 0.6) is 0 Å². The van der Waals surface area contributed by atoms with E-state index in [1.54, 1.807) is 12.4 Å². The molecule has 5 heterocycles. The van der Waals surface area contributed by atoms with Crippen LogP contribution in [0.15, 0.2) is 72.2 Å². The number of hydrogen-bond donors (Lipinski definition) is 1. The van der Waals surface area contributed by atoms with Gasteiger partial charge in [-0.25, -0.2) is 4.98 Å². The number of rotatable bonds is 5. The van der Waals surface area contributed by atoms with Gasteiger partial charge in [0.05, 0.1) is 25.1 Å². The monoisotopic (exact) mass is 452 g/mol. The minimum atomic E-state index is 0.659. The van der Waals surface area contributed by atoms with Gasteiger partial charge in [0.1, 0.15) is 5.82 Å². The van der Waals surface area contributed by atoms with Gasteiger partial charge in [-0.05, 0) is 35.2 Å². The molecule has 4 aromatic heterocycles. The van der Waals surface area contributed by atoms with E-state index in [2.05, 4.69) is 55.4 Å². The van der Waals surface area contributed by atoms with Gasteiger partial charge in [0.2, 0.25) is 0 Å². The molecule has 0 unspecified atom stereocenters. The summed E-state index contributed by atoms with van der Waals surface area (Å²) in [6.07, 6.45) is 7.40. The van der Waals surface area contributed by atoms with E-state index in [0.29, 0.717) is 19.0 Å². The Morgan fingerprint density at radius 1 is 1.03 bits per heavy atom. The van der Waals surface area contributed by atoms with Crippen LogP contribution in [0.2, 0.25) is 0 Å². The molecule has 1 aliphatic rings. The second kappa shape index (κ2) is 8.60. The molecule has 0 atom stereocenters. The number of aromatic nitrogens is 5. The number of pyridine rings is 1. The van der Waals surface area contributed by atoms with Gasteiger partial charge >= 0.3 is 0 Å². The second-order valence-corrected chi connectivity index (χ2v) is 8.25. The van der Waals surface area contributed by atoms with E-state index in [1.807, 2.05) is 42.0 Å². The zero-order chi connectivity index (χ0) is 22.9. The Hall–Kier alpha value is -4.24. The minimum Gasteiger partial charge on any atom is -0.378 e. The van der Waals surface area contributed by atoms with Crippen LogP contribution < -0.4 is 10.3 Å². The lowest BCUT2D eigenvalue weighted by Gasteiger charge is -2.29. The molecule has 0 radical (unpaired) electrons. The SMILES string of the molecule is Cn1ccc2ccc(C=NNc3cc(N4CCOCC4)n4nc(-c5ccncc5)cc4n3)cc21. The topological polar surface area (TPSA) is 84.9 Å². The Kier molecular flexibility index (Phi) is 5.15. The lowest BCUT2D eigenvalue weighted by molar-refractivity contribution is 0.122. The molecule has 34 heavy (non-hydrogen) atoms. The van der Waals surface area contributed by atoms with Gasteiger partial charge in [0, 0.05) is 61.9 Å². The lowest BCUT2D eigenvalue weighted by atomic mass is 10.2. The van der Waals surface area contributed by atoms with Crippen molar-refractivity contribution in [2.45, 2.75) is 0 Å². The molecule has 0 bridgehead atoms. The summed E-state index contributed by atoms with van der Waals surface area (Å²) >= 11 is 0. The fourth-order valence-corrected chi connectivity index (χ4v) is 4.23. The Bertz CT molecular complexity index is 1480. The summed E-state index contributed by atoms with van der Waals surface area (Å²) in [7, 11) is 2.04. The van der Waals surface area contributed by atoms with Gasteiger partial charge in [0.15, 0.2) is 11.5 Å². The predicted octanol–water partition coefficient (Wildman–Crippen LogP) is 3.57. The van der Waals surface area contributed by atoms with E-state index < -0.39 is 0 Å². The Balaban J connectivity index is 1.34. The first-order chi connectivity index (χ1) is 16.7. The average molecular weight is 453 g/mol. The summed E-state index contributed by atoms with van der Waals surface area (Å²) in [6, 6.07) is 16.2. The van der Waals surface area contributed by atoms with Crippen molar-refractivity contribution in [2.24, 2.45) is 12.1 Å². The van der Waals surface area contributed by atoms with Gasteiger partial charge in [0.25, 0.3) is 0 Å². The van der Waals surface area contributed by atoms with Gasteiger partial charge < -0.3 is 14.2 Å².